The lowest BCUT2D eigenvalue weighted by Crippen LogP contribution is -2.64. The van der Waals surface area contributed by atoms with E-state index in [1.807, 2.05) is 0 Å². The molecule has 1 aromatic carbocycles. The second-order valence-electron chi connectivity index (χ2n) is 12.3. The molecule has 5 aliphatic rings. The van der Waals surface area contributed by atoms with Gasteiger partial charge < -0.3 is 9.47 Å². The number of rotatable bonds is 6. The summed E-state index contributed by atoms with van der Waals surface area (Å²) in [7, 11) is 0. The Balaban J connectivity index is 1.50. The number of benzene rings is 1. The number of unbranched alkanes of at least 4 members (excludes halogenated alkanes) is 2. The van der Waals surface area contributed by atoms with Crippen LogP contribution >= 0.6 is 0 Å². The number of aryl methyl sites for hydroxylation is 1. The summed E-state index contributed by atoms with van der Waals surface area (Å²) in [5.74, 6) is 3.39. The topological polar surface area (TPSA) is 35.5 Å². The lowest BCUT2D eigenvalue weighted by Gasteiger charge is -2.67. The first-order valence-corrected chi connectivity index (χ1v) is 12.7. The van der Waals surface area contributed by atoms with E-state index in [0.717, 1.165) is 50.0 Å². The predicted molar refractivity (Wildman–Crippen MR) is 124 cm³/mol. The lowest BCUT2D eigenvalue weighted by atomic mass is 9.36. The summed E-state index contributed by atoms with van der Waals surface area (Å²) in [4.78, 5) is 13.2. The minimum Gasteiger partial charge on any atom is -0.487 e. The van der Waals surface area contributed by atoms with Crippen LogP contribution < -0.4 is 9.47 Å². The molecule has 4 aliphatic carbocycles. The first kappa shape index (κ1) is 21.3. The summed E-state index contributed by atoms with van der Waals surface area (Å²) >= 11 is 0. The molecule has 0 N–H and O–H groups in total. The molecule has 2 bridgehead atoms. The highest BCUT2D eigenvalue weighted by atomic mass is 16.5. The van der Waals surface area contributed by atoms with E-state index >= 15 is 0 Å². The van der Waals surface area contributed by atoms with Crippen LogP contribution in [0, 0.1) is 22.7 Å². The Labute approximate surface area is 188 Å². The average Bonchev–Trinajstić information content (AvgIpc) is 2.63. The number of hydrogen-bond acceptors (Lipinski definition) is 3. The SMILES string of the molecule is CCCCCc1cc(OC(=O)C23CC(C)(C2)C3)c2c(c1)OC(C)(C)C1CCC(C)CC21. The van der Waals surface area contributed by atoms with Gasteiger partial charge in [-0.25, -0.2) is 0 Å². The Morgan fingerprint density at radius 2 is 1.87 bits per heavy atom. The van der Waals surface area contributed by atoms with Gasteiger partial charge >= 0.3 is 5.97 Å². The maximum atomic E-state index is 13.2. The lowest BCUT2D eigenvalue weighted by molar-refractivity contribution is -0.213. The molecule has 1 heterocycles. The average molecular weight is 425 g/mol. The van der Waals surface area contributed by atoms with E-state index < -0.39 is 0 Å². The normalized spacial score (nSPS) is 36.9. The molecule has 3 unspecified atom stereocenters. The largest absolute Gasteiger partial charge is 0.487 e. The maximum Gasteiger partial charge on any atom is 0.317 e. The third-order valence-corrected chi connectivity index (χ3v) is 8.91. The van der Waals surface area contributed by atoms with Crippen molar-refractivity contribution >= 4 is 5.97 Å². The van der Waals surface area contributed by atoms with Crippen molar-refractivity contribution in [2.45, 2.75) is 110 Å². The minimum atomic E-state index is -0.200. The zero-order chi connectivity index (χ0) is 22.0. The van der Waals surface area contributed by atoms with Crippen molar-refractivity contribution in [2.24, 2.45) is 22.7 Å². The van der Waals surface area contributed by atoms with Crippen molar-refractivity contribution < 1.29 is 14.3 Å². The molecule has 0 spiro atoms. The fourth-order valence-corrected chi connectivity index (χ4v) is 7.52. The molecule has 4 saturated carbocycles. The predicted octanol–water partition coefficient (Wildman–Crippen LogP) is 7.21. The highest BCUT2D eigenvalue weighted by Gasteiger charge is 2.70. The number of hydrogen-bond donors (Lipinski definition) is 0. The second-order valence-corrected chi connectivity index (χ2v) is 12.3. The summed E-state index contributed by atoms with van der Waals surface area (Å²) in [6.07, 6.45) is 11.2. The molecule has 1 aliphatic heterocycles. The summed E-state index contributed by atoms with van der Waals surface area (Å²) in [5.41, 5.74) is 2.45. The number of esters is 1. The van der Waals surface area contributed by atoms with Crippen molar-refractivity contribution in [1.29, 1.82) is 0 Å². The monoisotopic (exact) mass is 424 g/mol. The van der Waals surface area contributed by atoms with E-state index in [1.165, 1.54) is 36.8 Å². The molecule has 31 heavy (non-hydrogen) atoms. The molecular weight excluding hydrogens is 384 g/mol. The van der Waals surface area contributed by atoms with Gasteiger partial charge in [-0.15, -0.1) is 0 Å². The molecule has 0 amide bonds. The van der Waals surface area contributed by atoms with Gasteiger partial charge in [0.15, 0.2) is 0 Å². The summed E-state index contributed by atoms with van der Waals surface area (Å²) < 4.78 is 12.9. The molecule has 4 fully saturated rings. The van der Waals surface area contributed by atoms with Crippen molar-refractivity contribution in [3.05, 3.63) is 23.3 Å². The summed E-state index contributed by atoms with van der Waals surface area (Å²) in [5, 5.41) is 0. The Morgan fingerprint density at radius 3 is 2.55 bits per heavy atom. The van der Waals surface area contributed by atoms with Gasteiger partial charge in [0.2, 0.25) is 0 Å². The van der Waals surface area contributed by atoms with Gasteiger partial charge in [-0.05, 0) is 93.7 Å². The maximum absolute atomic E-state index is 13.2. The standard InChI is InChI=1S/C28H40O3/c1-6-7-8-9-19-13-22(30-25(29)28-15-27(5,16-28)17-28)24-20-12-18(2)10-11-21(20)26(3,4)31-23(24)14-19/h13-14,18,20-21H,6-12,15-17H2,1-5H3. The third-order valence-electron chi connectivity index (χ3n) is 8.91. The Bertz CT molecular complexity index is 863. The number of carbonyl (C=O) groups excluding carboxylic acids is 1. The molecule has 3 atom stereocenters. The number of ether oxygens (including phenoxy) is 2. The van der Waals surface area contributed by atoms with Crippen molar-refractivity contribution in [2.75, 3.05) is 0 Å². The molecule has 170 valence electrons. The van der Waals surface area contributed by atoms with Crippen molar-refractivity contribution in [3.8, 4) is 11.5 Å². The van der Waals surface area contributed by atoms with E-state index in [-0.39, 0.29) is 17.0 Å². The van der Waals surface area contributed by atoms with E-state index in [9.17, 15) is 4.79 Å². The van der Waals surface area contributed by atoms with E-state index in [1.54, 1.807) is 0 Å². The van der Waals surface area contributed by atoms with Gasteiger partial charge in [0.25, 0.3) is 0 Å². The molecule has 0 radical (unpaired) electrons. The van der Waals surface area contributed by atoms with Crippen LogP contribution in [0.4, 0.5) is 0 Å². The van der Waals surface area contributed by atoms with Crippen LogP contribution in [-0.2, 0) is 11.2 Å². The van der Waals surface area contributed by atoms with Crippen LogP contribution in [0.15, 0.2) is 12.1 Å². The van der Waals surface area contributed by atoms with Crippen LogP contribution in [0.1, 0.15) is 109 Å². The molecule has 3 heteroatoms. The second kappa shape index (κ2) is 7.25. The Morgan fingerprint density at radius 1 is 1.13 bits per heavy atom. The quantitative estimate of drug-likeness (QED) is 0.275. The van der Waals surface area contributed by atoms with Crippen LogP contribution in [0.3, 0.4) is 0 Å². The molecule has 6 rings (SSSR count). The van der Waals surface area contributed by atoms with E-state index in [2.05, 4.69) is 46.8 Å². The van der Waals surface area contributed by atoms with Gasteiger partial charge in [0.1, 0.15) is 17.1 Å². The van der Waals surface area contributed by atoms with Gasteiger partial charge in [-0.1, -0.05) is 40.0 Å². The number of fused-ring (bicyclic) bond motifs is 3. The van der Waals surface area contributed by atoms with E-state index in [4.69, 9.17) is 9.47 Å². The summed E-state index contributed by atoms with van der Waals surface area (Å²) in [6, 6.07) is 4.43. The van der Waals surface area contributed by atoms with E-state index in [0.29, 0.717) is 23.2 Å². The molecule has 1 aromatic rings. The third kappa shape index (κ3) is 3.51. The molecule has 3 nitrogen and oxygen atoms in total. The molecule has 0 saturated heterocycles. The van der Waals surface area contributed by atoms with Gasteiger partial charge in [0.05, 0.1) is 5.41 Å². The zero-order valence-corrected chi connectivity index (χ0v) is 20.2. The number of carbonyl (C=O) groups is 1. The highest BCUT2D eigenvalue weighted by molar-refractivity contribution is 5.83. The smallest absolute Gasteiger partial charge is 0.317 e. The first-order chi connectivity index (χ1) is 14.6. The first-order valence-electron chi connectivity index (χ1n) is 12.7. The summed E-state index contributed by atoms with van der Waals surface area (Å²) in [6.45, 7) is 11.4. The fraction of sp³-hybridized carbons (Fsp3) is 0.750. The highest BCUT2D eigenvalue weighted by Crippen LogP contribution is 2.73. The van der Waals surface area contributed by atoms with Crippen LogP contribution in [0.5, 0.6) is 11.5 Å². The Hall–Kier alpha value is -1.51. The van der Waals surface area contributed by atoms with Gasteiger partial charge in [-0.3, -0.25) is 4.79 Å². The fourth-order valence-electron chi connectivity index (χ4n) is 7.52. The molecular formula is C28H40O3. The Kier molecular flexibility index (Phi) is 4.99. The van der Waals surface area contributed by atoms with Crippen LogP contribution in [-0.4, -0.2) is 11.6 Å². The van der Waals surface area contributed by atoms with Gasteiger partial charge in [-0.2, -0.15) is 0 Å². The zero-order valence-electron chi connectivity index (χ0n) is 20.2. The van der Waals surface area contributed by atoms with Gasteiger partial charge in [0, 0.05) is 11.5 Å². The molecule has 0 aromatic heterocycles. The van der Waals surface area contributed by atoms with Crippen molar-refractivity contribution in [1.82, 2.24) is 0 Å². The van der Waals surface area contributed by atoms with Crippen LogP contribution in [0.2, 0.25) is 0 Å². The van der Waals surface area contributed by atoms with Crippen LogP contribution in [0.25, 0.3) is 0 Å². The minimum absolute atomic E-state index is 0.00868. The van der Waals surface area contributed by atoms with Crippen molar-refractivity contribution in [3.63, 3.8) is 0 Å².